The number of amides is 3. The fourth-order valence-electron chi connectivity index (χ4n) is 3.42. The topological polar surface area (TPSA) is 57.7 Å². The Morgan fingerprint density at radius 3 is 2.33 bits per heavy atom. The Bertz CT molecular complexity index is 647. The highest BCUT2D eigenvalue weighted by atomic mass is 16.2. The highest BCUT2D eigenvalue weighted by molar-refractivity contribution is 6.20. The molecule has 5 heteroatoms. The molecule has 1 aromatic rings. The number of carbonyl (C=O) groups is 3. The van der Waals surface area contributed by atoms with Crippen LogP contribution in [-0.4, -0.2) is 35.7 Å². The van der Waals surface area contributed by atoms with Crippen LogP contribution in [-0.2, 0) is 16.0 Å². The lowest BCUT2D eigenvalue weighted by Gasteiger charge is -2.20. The van der Waals surface area contributed by atoms with Gasteiger partial charge in [-0.15, -0.1) is 0 Å². The number of unbranched alkanes of at least 4 members (excludes halogenated alkanes) is 1. The molecule has 0 N–H and O–H groups in total. The molecule has 2 saturated heterocycles. The maximum atomic E-state index is 12.7. The van der Waals surface area contributed by atoms with Crippen LogP contribution in [0, 0.1) is 0 Å². The molecule has 0 aromatic heterocycles. The van der Waals surface area contributed by atoms with Gasteiger partial charge in [-0.2, -0.15) is 0 Å². The Kier molecular flexibility index (Phi) is 4.97. The summed E-state index contributed by atoms with van der Waals surface area (Å²) in [7, 11) is 0. The van der Waals surface area contributed by atoms with Crippen molar-refractivity contribution < 1.29 is 14.4 Å². The predicted molar refractivity (Wildman–Crippen MR) is 91.9 cm³/mol. The smallest absolute Gasteiger partial charge is 0.253 e. The Labute approximate surface area is 142 Å². The number of aryl methyl sites for hydroxylation is 1. The van der Waals surface area contributed by atoms with Gasteiger partial charge in [-0.25, -0.2) is 0 Å². The van der Waals surface area contributed by atoms with Crippen molar-refractivity contribution in [2.75, 3.05) is 18.0 Å². The normalized spacial score (nSPS) is 17.9. The maximum Gasteiger partial charge on any atom is 0.253 e. The van der Waals surface area contributed by atoms with E-state index in [9.17, 15) is 14.4 Å². The van der Waals surface area contributed by atoms with E-state index in [-0.39, 0.29) is 30.6 Å². The first-order valence-electron chi connectivity index (χ1n) is 8.89. The van der Waals surface area contributed by atoms with E-state index in [0.717, 1.165) is 50.8 Å². The Morgan fingerprint density at radius 1 is 1.04 bits per heavy atom. The molecule has 0 atom stereocenters. The van der Waals surface area contributed by atoms with Crippen molar-refractivity contribution in [3.05, 3.63) is 29.3 Å². The number of hydrogen-bond acceptors (Lipinski definition) is 3. The quantitative estimate of drug-likeness (QED) is 0.781. The molecule has 0 aliphatic carbocycles. The van der Waals surface area contributed by atoms with E-state index >= 15 is 0 Å². The summed E-state index contributed by atoms with van der Waals surface area (Å²) < 4.78 is 0. The van der Waals surface area contributed by atoms with Crippen molar-refractivity contribution in [2.45, 2.75) is 51.9 Å². The average Bonchev–Trinajstić information content (AvgIpc) is 3.22. The van der Waals surface area contributed by atoms with Crippen molar-refractivity contribution in [1.29, 1.82) is 0 Å². The number of hydrogen-bond donors (Lipinski definition) is 0. The van der Waals surface area contributed by atoms with E-state index in [4.69, 9.17) is 0 Å². The standard InChI is InChI=1S/C19H24N2O3/c1-2-3-6-14-11-15(19(24)20-9-4-5-10-20)13-16(12-14)21-17(22)7-8-18(21)23/h11-13H,2-10H2,1H3. The molecule has 1 aromatic carbocycles. The molecule has 3 rings (SSSR count). The lowest BCUT2D eigenvalue weighted by molar-refractivity contribution is -0.121. The molecule has 2 heterocycles. The van der Waals surface area contributed by atoms with Crippen LogP contribution in [0.5, 0.6) is 0 Å². The van der Waals surface area contributed by atoms with E-state index in [2.05, 4.69) is 6.92 Å². The van der Waals surface area contributed by atoms with Gasteiger partial charge in [0.1, 0.15) is 0 Å². The fourth-order valence-corrected chi connectivity index (χ4v) is 3.42. The summed E-state index contributed by atoms with van der Waals surface area (Å²) in [4.78, 5) is 40.0. The Morgan fingerprint density at radius 2 is 1.71 bits per heavy atom. The van der Waals surface area contributed by atoms with Crippen molar-refractivity contribution in [3.8, 4) is 0 Å². The van der Waals surface area contributed by atoms with Crippen molar-refractivity contribution in [3.63, 3.8) is 0 Å². The summed E-state index contributed by atoms with van der Waals surface area (Å²) in [5.74, 6) is -0.342. The Hall–Kier alpha value is -2.17. The van der Waals surface area contributed by atoms with Gasteiger partial charge in [-0.1, -0.05) is 13.3 Å². The molecule has 24 heavy (non-hydrogen) atoms. The monoisotopic (exact) mass is 328 g/mol. The molecule has 128 valence electrons. The lowest BCUT2D eigenvalue weighted by Crippen LogP contribution is -2.30. The van der Waals surface area contributed by atoms with E-state index in [1.807, 2.05) is 17.0 Å². The van der Waals surface area contributed by atoms with Crippen LogP contribution in [0.1, 0.15) is 61.4 Å². The minimum absolute atomic E-state index is 0.00573. The third-order valence-electron chi connectivity index (χ3n) is 4.75. The second-order valence-corrected chi connectivity index (χ2v) is 6.61. The third kappa shape index (κ3) is 3.35. The second-order valence-electron chi connectivity index (χ2n) is 6.61. The number of likely N-dealkylation sites (tertiary alicyclic amines) is 1. The van der Waals surface area contributed by atoms with Crippen molar-refractivity contribution in [2.24, 2.45) is 0 Å². The largest absolute Gasteiger partial charge is 0.339 e. The summed E-state index contributed by atoms with van der Waals surface area (Å²) in [6, 6.07) is 5.51. The number of imide groups is 1. The zero-order valence-corrected chi connectivity index (χ0v) is 14.2. The Balaban J connectivity index is 1.95. The lowest BCUT2D eigenvalue weighted by atomic mass is 10.0. The molecule has 0 spiro atoms. The van der Waals surface area contributed by atoms with E-state index in [0.29, 0.717) is 11.3 Å². The molecule has 0 saturated carbocycles. The van der Waals surface area contributed by atoms with E-state index in [1.54, 1.807) is 6.07 Å². The highest BCUT2D eigenvalue weighted by Gasteiger charge is 2.31. The minimum atomic E-state index is -0.174. The van der Waals surface area contributed by atoms with Crippen LogP contribution >= 0.6 is 0 Å². The summed E-state index contributed by atoms with van der Waals surface area (Å²) in [6.45, 7) is 3.69. The van der Waals surface area contributed by atoms with Crippen LogP contribution in [0.2, 0.25) is 0 Å². The fraction of sp³-hybridized carbons (Fsp3) is 0.526. The average molecular weight is 328 g/mol. The maximum absolute atomic E-state index is 12.7. The first-order chi connectivity index (χ1) is 11.6. The van der Waals surface area contributed by atoms with Crippen molar-refractivity contribution in [1.82, 2.24) is 4.90 Å². The highest BCUT2D eigenvalue weighted by Crippen LogP contribution is 2.27. The van der Waals surface area contributed by atoms with E-state index < -0.39 is 0 Å². The second kappa shape index (κ2) is 7.16. The zero-order valence-electron chi connectivity index (χ0n) is 14.2. The van der Waals surface area contributed by atoms with Gasteiger partial charge in [0.25, 0.3) is 5.91 Å². The molecular formula is C19H24N2O3. The number of benzene rings is 1. The van der Waals surface area contributed by atoms with Gasteiger partial charge >= 0.3 is 0 Å². The van der Waals surface area contributed by atoms with Gasteiger partial charge < -0.3 is 4.90 Å². The number of rotatable bonds is 5. The van der Waals surface area contributed by atoms with Gasteiger partial charge in [-0.3, -0.25) is 19.3 Å². The zero-order chi connectivity index (χ0) is 17.1. The van der Waals surface area contributed by atoms with Gasteiger partial charge in [0, 0.05) is 31.5 Å². The number of nitrogens with zero attached hydrogens (tertiary/aromatic N) is 2. The molecule has 2 aliphatic rings. The first kappa shape index (κ1) is 16.7. The molecule has 0 bridgehead atoms. The van der Waals surface area contributed by atoms with Crippen LogP contribution in [0.15, 0.2) is 18.2 Å². The molecule has 2 fully saturated rings. The van der Waals surface area contributed by atoms with Crippen LogP contribution in [0.4, 0.5) is 5.69 Å². The molecule has 3 amide bonds. The molecule has 0 unspecified atom stereocenters. The molecule has 0 radical (unpaired) electrons. The number of carbonyl (C=O) groups excluding carboxylic acids is 3. The summed E-state index contributed by atoms with van der Waals surface area (Å²) >= 11 is 0. The predicted octanol–water partition coefficient (Wildman–Crippen LogP) is 2.92. The molecule has 2 aliphatic heterocycles. The first-order valence-corrected chi connectivity index (χ1v) is 8.89. The number of anilines is 1. The summed E-state index contributed by atoms with van der Waals surface area (Å²) in [5, 5.41) is 0. The van der Waals surface area contributed by atoms with Gasteiger partial charge in [0.15, 0.2) is 0 Å². The SMILES string of the molecule is CCCCc1cc(C(=O)N2CCCC2)cc(N2C(=O)CCC2=O)c1. The molecular weight excluding hydrogens is 304 g/mol. The molecule has 5 nitrogen and oxygen atoms in total. The van der Waals surface area contributed by atoms with Crippen LogP contribution in [0.3, 0.4) is 0 Å². The van der Waals surface area contributed by atoms with Gasteiger partial charge in [-0.05, 0) is 49.4 Å². The van der Waals surface area contributed by atoms with Crippen LogP contribution < -0.4 is 4.90 Å². The van der Waals surface area contributed by atoms with E-state index in [1.165, 1.54) is 4.90 Å². The van der Waals surface area contributed by atoms with Gasteiger partial charge in [0.05, 0.1) is 5.69 Å². The van der Waals surface area contributed by atoms with Gasteiger partial charge in [0.2, 0.25) is 11.8 Å². The summed E-state index contributed by atoms with van der Waals surface area (Å²) in [6.07, 6.45) is 5.51. The minimum Gasteiger partial charge on any atom is -0.339 e. The third-order valence-corrected chi connectivity index (χ3v) is 4.75. The van der Waals surface area contributed by atoms with Crippen molar-refractivity contribution >= 4 is 23.4 Å². The summed E-state index contributed by atoms with van der Waals surface area (Å²) in [5.41, 5.74) is 2.16. The van der Waals surface area contributed by atoms with Crippen LogP contribution in [0.25, 0.3) is 0 Å².